The summed E-state index contributed by atoms with van der Waals surface area (Å²) in [6.45, 7) is 7.71. The number of aromatic amines is 1. The van der Waals surface area contributed by atoms with Gasteiger partial charge in [-0.05, 0) is 58.0 Å². The van der Waals surface area contributed by atoms with E-state index in [0.29, 0.717) is 34.0 Å². The normalized spacial score (nSPS) is 11.3. The number of aromatic nitrogens is 5. The van der Waals surface area contributed by atoms with Gasteiger partial charge in [-0.15, -0.1) is 5.10 Å². The topological polar surface area (TPSA) is 119 Å². The second kappa shape index (κ2) is 10.2. The fourth-order valence-electron chi connectivity index (χ4n) is 3.52. The van der Waals surface area contributed by atoms with E-state index >= 15 is 0 Å². The molecule has 0 bridgehead atoms. The summed E-state index contributed by atoms with van der Waals surface area (Å²) in [4.78, 5) is 16.6. The Hall–Kier alpha value is -3.79. The van der Waals surface area contributed by atoms with Crippen LogP contribution in [0.5, 0.6) is 11.5 Å². The monoisotopic (exact) mass is 497 g/mol. The van der Waals surface area contributed by atoms with Crippen LogP contribution in [0.25, 0.3) is 22.3 Å². The maximum atomic E-state index is 11.9. The fraction of sp³-hybridized carbons (Fsp3) is 0.333. The predicted octanol–water partition coefficient (Wildman–Crippen LogP) is 4.71. The van der Waals surface area contributed by atoms with Crippen molar-refractivity contribution >= 4 is 40.0 Å². The van der Waals surface area contributed by atoms with Gasteiger partial charge >= 0.3 is 0 Å². The lowest BCUT2D eigenvalue weighted by molar-refractivity contribution is -0.123. The number of anilines is 2. The predicted molar refractivity (Wildman–Crippen MR) is 136 cm³/mol. The molecule has 0 aliphatic carbocycles. The van der Waals surface area contributed by atoms with Crippen molar-refractivity contribution in [2.45, 2.75) is 39.8 Å². The second-order valence-corrected chi connectivity index (χ2v) is 8.94. The molecule has 11 heteroatoms. The van der Waals surface area contributed by atoms with Crippen LogP contribution in [0.2, 0.25) is 5.02 Å². The van der Waals surface area contributed by atoms with Gasteiger partial charge in [-0.25, -0.2) is 4.68 Å². The number of H-pyrrole nitrogens is 1. The summed E-state index contributed by atoms with van der Waals surface area (Å²) in [6, 6.07) is 9.20. The number of fused-ring (bicyclic) bond motifs is 1. The first kappa shape index (κ1) is 24.3. The van der Waals surface area contributed by atoms with Crippen LogP contribution in [0.1, 0.15) is 33.7 Å². The molecule has 35 heavy (non-hydrogen) atoms. The Balaban J connectivity index is 1.60. The van der Waals surface area contributed by atoms with Crippen LogP contribution in [-0.4, -0.2) is 50.6 Å². The quantitative estimate of drug-likeness (QED) is 0.306. The number of rotatable bonds is 9. The summed E-state index contributed by atoms with van der Waals surface area (Å²) < 4.78 is 12.9. The van der Waals surface area contributed by atoms with Crippen molar-refractivity contribution in [1.29, 1.82) is 0 Å². The summed E-state index contributed by atoms with van der Waals surface area (Å²) in [5, 5.41) is 19.1. The van der Waals surface area contributed by atoms with Crippen LogP contribution in [-0.2, 0) is 4.79 Å². The van der Waals surface area contributed by atoms with Gasteiger partial charge in [0.1, 0.15) is 0 Å². The van der Waals surface area contributed by atoms with E-state index in [1.807, 2.05) is 45.9 Å². The van der Waals surface area contributed by atoms with Crippen LogP contribution in [0, 0.1) is 0 Å². The number of hydrogen-bond donors (Lipinski definition) is 3. The van der Waals surface area contributed by atoms with E-state index in [9.17, 15) is 4.79 Å². The Kier molecular flexibility index (Phi) is 7.11. The summed E-state index contributed by atoms with van der Waals surface area (Å²) in [5.74, 6) is 1.78. The van der Waals surface area contributed by atoms with Crippen molar-refractivity contribution in [3.05, 3.63) is 41.6 Å². The Morgan fingerprint density at radius 3 is 2.69 bits per heavy atom. The summed E-state index contributed by atoms with van der Waals surface area (Å²) in [7, 11) is 1.54. The molecule has 0 spiro atoms. The van der Waals surface area contributed by atoms with E-state index in [0.717, 1.165) is 16.5 Å². The molecule has 0 radical (unpaired) electrons. The number of carbonyl (C=O) groups excluding carboxylic acids is 1. The molecule has 2 heterocycles. The molecular weight excluding hydrogens is 470 g/mol. The van der Waals surface area contributed by atoms with Crippen LogP contribution in [0.3, 0.4) is 0 Å². The third-order valence-electron chi connectivity index (χ3n) is 5.16. The van der Waals surface area contributed by atoms with Gasteiger partial charge in [-0.2, -0.15) is 10.1 Å². The molecule has 0 fully saturated rings. The van der Waals surface area contributed by atoms with Gasteiger partial charge in [0.2, 0.25) is 5.95 Å². The van der Waals surface area contributed by atoms with E-state index in [4.69, 9.17) is 31.2 Å². The van der Waals surface area contributed by atoms with E-state index in [1.165, 1.54) is 0 Å². The number of nitrogens with one attached hydrogen (secondary N) is 3. The van der Waals surface area contributed by atoms with Crippen molar-refractivity contribution in [2.24, 2.45) is 0 Å². The molecule has 0 aliphatic rings. The Bertz CT molecular complexity index is 1350. The first-order chi connectivity index (χ1) is 16.8. The van der Waals surface area contributed by atoms with Gasteiger partial charge in [-0.3, -0.25) is 9.89 Å². The first-order valence-electron chi connectivity index (χ1n) is 11.2. The maximum absolute atomic E-state index is 11.9. The van der Waals surface area contributed by atoms with Crippen molar-refractivity contribution in [1.82, 2.24) is 30.3 Å². The van der Waals surface area contributed by atoms with Crippen LogP contribution in [0.4, 0.5) is 11.6 Å². The number of ether oxygens (including phenoxy) is 2. The molecule has 184 valence electrons. The fourth-order valence-corrected chi connectivity index (χ4v) is 3.78. The van der Waals surface area contributed by atoms with Gasteiger partial charge in [-0.1, -0.05) is 11.6 Å². The molecule has 2 aromatic carbocycles. The molecule has 0 atom stereocenters. The highest BCUT2D eigenvalue weighted by molar-refractivity contribution is 6.38. The molecule has 3 N–H and O–H groups in total. The lowest BCUT2D eigenvalue weighted by Crippen LogP contribution is -2.34. The van der Waals surface area contributed by atoms with Crippen molar-refractivity contribution in [2.75, 3.05) is 19.0 Å². The molecule has 0 saturated heterocycles. The molecule has 4 aromatic rings. The minimum atomic E-state index is -0.202. The minimum Gasteiger partial charge on any atom is -0.493 e. The number of benzene rings is 2. The molecule has 1 amide bonds. The van der Waals surface area contributed by atoms with Gasteiger partial charge in [0, 0.05) is 17.0 Å². The molecule has 2 aromatic heterocycles. The SMILES string of the molecule is COc1cc(-c2nc(Nc3ccc4[nH]ncc4c3Cl)n(C(C)C)n2)ccc1OCC(=O)NC(C)C. The Morgan fingerprint density at radius 1 is 1.17 bits per heavy atom. The van der Waals surface area contributed by atoms with E-state index in [-0.39, 0.29) is 24.6 Å². The summed E-state index contributed by atoms with van der Waals surface area (Å²) in [5.41, 5.74) is 2.28. The number of nitrogens with zero attached hydrogens (tertiary/aromatic N) is 4. The lowest BCUT2D eigenvalue weighted by Gasteiger charge is -2.12. The highest BCUT2D eigenvalue weighted by Gasteiger charge is 2.18. The maximum Gasteiger partial charge on any atom is 0.258 e. The van der Waals surface area contributed by atoms with Gasteiger partial charge in [0.05, 0.1) is 35.6 Å². The average molecular weight is 498 g/mol. The zero-order valence-corrected chi connectivity index (χ0v) is 21.0. The number of carbonyl (C=O) groups is 1. The highest BCUT2D eigenvalue weighted by Crippen LogP contribution is 2.35. The number of methoxy groups -OCH3 is 1. The number of amides is 1. The summed E-state index contributed by atoms with van der Waals surface area (Å²) >= 11 is 6.59. The van der Waals surface area contributed by atoms with Gasteiger partial charge in [0.15, 0.2) is 23.9 Å². The largest absolute Gasteiger partial charge is 0.493 e. The number of hydrogen-bond acceptors (Lipinski definition) is 7. The van der Waals surface area contributed by atoms with E-state index in [1.54, 1.807) is 30.1 Å². The zero-order valence-electron chi connectivity index (χ0n) is 20.2. The van der Waals surface area contributed by atoms with Gasteiger partial charge in [0.25, 0.3) is 5.91 Å². The Morgan fingerprint density at radius 2 is 1.97 bits per heavy atom. The second-order valence-electron chi connectivity index (χ2n) is 8.56. The number of halogens is 1. The van der Waals surface area contributed by atoms with Crippen molar-refractivity contribution < 1.29 is 14.3 Å². The van der Waals surface area contributed by atoms with Crippen LogP contribution < -0.4 is 20.1 Å². The smallest absolute Gasteiger partial charge is 0.258 e. The zero-order chi connectivity index (χ0) is 25.1. The third kappa shape index (κ3) is 5.32. The minimum absolute atomic E-state index is 0.0387. The Labute approximate surface area is 208 Å². The molecular formula is C24H28ClN7O3. The molecule has 0 saturated carbocycles. The summed E-state index contributed by atoms with van der Waals surface area (Å²) in [6.07, 6.45) is 1.68. The lowest BCUT2D eigenvalue weighted by atomic mass is 10.2. The van der Waals surface area contributed by atoms with E-state index < -0.39 is 0 Å². The molecule has 10 nitrogen and oxygen atoms in total. The standard InChI is InChI=1S/C24H28ClN7O3/c1-13(2)27-21(33)12-35-19-9-6-15(10-20(19)34-5)23-29-24(32(31-23)14(3)4)28-18-8-7-17-16(22(18)25)11-26-30-17/h6-11,13-14H,12H2,1-5H3,(H,26,30)(H,27,33)(H,28,29,31). The average Bonchev–Trinajstić information content (AvgIpc) is 3.47. The molecule has 0 aliphatic heterocycles. The van der Waals surface area contributed by atoms with Crippen molar-refractivity contribution in [3.63, 3.8) is 0 Å². The first-order valence-corrected chi connectivity index (χ1v) is 11.6. The van der Waals surface area contributed by atoms with E-state index in [2.05, 4.69) is 20.8 Å². The van der Waals surface area contributed by atoms with Crippen LogP contribution in [0.15, 0.2) is 36.5 Å². The van der Waals surface area contributed by atoms with Crippen molar-refractivity contribution in [3.8, 4) is 22.9 Å². The van der Waals surface area contributed by atoms with Gasteiger partial charge < -0.3 is 20.1 Å². The molecule has 4 rings (SSSR count). The highest BCUT2D eigenvalue weighted by atomic mass is 35.5. The van der Waals surface area contributed by atoms with Crippen LogP contribution >= 0.6 is 11.6 Å². The molecule has 0 unspecified atom stereocenters. The third-order valence-corrected chi connectivity index (χ3v) is 5.56.